The van der Waals surface area contributed by atoms with E-state index in [0.29, 0.717) is 25.5 Å². The number of fused-ring (bicyclic) bond motifs is 1. The van der Waals surface area contributed by atoms with Gasteiger partial charge >= 0.3 is 0 Å². The number of benzene rings is 2. The number of carbonyl (C=O) groups excluding carboxylic acids is 1. The highest BCUT2D eigenvalue weighted by Crippen LogP contribution is 2.26. The van der Waals surface area contributed by atoms with Crippen LogP contribution in [0.3, 0.4) is 0 Å². The minimum absolute atomic E-state index is 0.0750. The van der Waals surface area contributed by atoms with Gasteiger partial charge in [0, 0.05) is 25.7 Å². The number of aliphatic imine (C=N–C) groups is 1. The van der Waals surface area contributed by atoms with Crippen LogP contribution in [0, 0.1) is 6.92 Å². The minimum atomic E-state index is 0.0750. The van der Waals surface area contributed by atoms with Crippen molar-refractivity contribution in [1.29, 1.82) is 0 Å². The van der Waals surface area contributed by atoms with Crippen molar-refractivity contribution >= 4 is 17.6 Å². The fourth-order valence-electron chi connectivity index (χ4n) is 3.27. The van der Waals surface area contributed by atoms with E-state index in [0.717, 1.165) is 35.9 Å². The van der Waals surface area contributed by atoms with Gasteiger partial charge in [-0.3, -0.25) is 9.79 Å². The molecule has 154 valence electrons. The molecule has 2 aromatic rings. The molecule has 0 aromatic heterocycles. The van der Waals surface area contributed by atoms with E-state index >= 15 is 0 Å². The molecule has 0 fully saturated rings. The highest BCUT2D eigenvalue weighted by atomic mass is 16.5. The lowest BCUT2D eigenvalue weighted by Gasteiger charge is -2.18. The second kappa shape index (κ2) is 9.96. The van der Waals surface area contributed by atoms with E-state index in [1.807, 2.05) is 18.2 Å². The van der Waals surface area contributed by atoms with E-state index in [9.17, 15) is 4.79 Å². The Morgan fingerprint density at radius 2 is 1.97 bits per heavy atom. The van der Waals surface area contributed by atoms with Gasteiger partial charge in [0.25, 0.3) is 0 Å². The number of carbonyl (C=O) groups is 1. The Hall–Kier alpha value is -3.02. The smallest absolute Gasteiger partial charge is 0.224 e. The zero-order valence-corrected chi connectivity index (χ0v) is 17.4. The van der Waals surface area contributed by atoms with Gasteiger partial charge < -0.3 is 20.7 Å². The van der Waals surface area contributed by atoms with E-state index in [4.69, 9.17) is 4.74 Å². The van der Waals surface area contributed by atoms with Crippen molar-refractivity contribution in [2.45, 2.75) is 32.6 Å². The van der Waals surface area contributed by atoms with Crippen LogP contribution in [0.5, 0.6) is 5.75 Å². The lowest BCUT2D eigenvalue weighted by Crippen LogP contribution is -2.40. The third-order valence-electron chi connectivity index (χ3n) is 5.08. The maximum atomic E-state index is 11.4. The van der Waals surface area contributed by atoms with Gasteiger partial charge in [-0.2, -0.15) is 0 Å². The maximum absolute atomic E-state index is 11.4. The molecule has 29 heavy (non-hydrogen) atoms. The van der Waals surface area contributed by atoms with E-state index in [2.05, 4.69) is 59.1 Å². The first kappa shape index (κ1) is 20.7. The topological polar surface area (TPSA) is 74.8 Å². The molecule has 1 aliphatic rings. The predicted molar refractivity (Wildman–Crippen MR) is 118 cm³/mol. The molecular weight excluding hydrogens is 364 g/mol. The van der Waals surface area contributed by atoms with Crippen LogP contribution < -0.4 is 20.7 Å². The molecule has 0 saturated carbocycles. The Balaban J connectivity index is 1.40. The van der Waals surface area contributed by atoms with Crippen molar-refractivity contribution in [1.82, 2.24) is 10.6 Å². The van der Waals surface area contributed by atoms with Crippen molar-refractivity contribution in [2.24, 2.45) is 4.99 Å². The average Bonchev–Trinajstić information content (AvgIpc) is 2.73. The average molecular weight is 395 g/mol. The highest BCUT2D eigenvalue weighted by molar-refractivity contribution is 5.94. The van der Waals surface area contributed by atoms with Gasteiger partial charge in [-0.1, -0.05) is 36.8 Å². The van der Waals surface area contributed by atoms with Crippen LogP contribution >= 0.6 is 0 Å². The number of hydrogen-bond acceptors (Lipinski definition) is 3. The zero-order chi connectivity index (χ0) is 20.6. The van der Waals surface area contributed by atoms with Crippen molar-refractivity contribution in [3.05, 3.63) is 59.2 Å². The number of rotatable bonds is 7. The number of nitrogens with one attached hydrogen (secondary N) is 3. The molecule has 3 rings (SSSR count). The van der Waals surface area contributed by atoms with E-state index in [1.54, 1.807) is 7.05 Å². The Kier molecular flexibility index (Phi) is 7.11. The quantitative estimate of drug-likeness (QED) is 0.383. The van der Waals surface area contributed by atoms with Gasteiger partial charge in [-0.15, -0.1) is 0 Å². The highest BCUT2D eigenvalue weighted by Gasteiger charge is 2.15. The van der Waals surface area contributed by atoms with E-state index < -0.39 is 0 Å². The van der Waals surface area contributed by atoms with Crippen molar-refractivity contribution in [3.8, 4) is 5.75 Å². The first-order valence-corrected chi connectivity index (χ1v) is 10.1. The lowest BCUT2D eigenvalue weighted by molar-refractivity contribution is -0.116. The SMILES string of the molecule is CN=C(NCCOc1ccc2c(c1)CCC(=O)N2)NCC(C)c1ccc(C)cc1. The molecule has 0 saturated heterocycles. The number of amides is 1. The first-order chi connectivity index (χ1) is 14.0. The summed E-state index contributed by atoms with van der Waals surface area (Å²) in [6, 6.07) is 14.4. The van der Waals surface area contributed by atoms with E-state index in [-0.39, 0.29) is 5.91 Å². The molecule has 1 heterocycles. The molecule has 6 nitrogen and oxygen atoms in total. The van der Waals surface area contributed by atoms with Gasteiger partial charge in [-0.25, -0.2) is 0 Å². The molecule has 1 aliphatic heterocycles. The summed E-state index contributed by atoms with van der Waals surface area (Å²) in [4.78, 5) is 15.7. The van der Waals surface area contributed by atoms with Crippen molar-refractivity contribution < 1.29 is 9.53 Å². The first-order valence-electron chi connectivity index (χ1n) is 10.1. The molecule has 1 amide bonds. The lowest BCUT2D eigenvalue weighted by atomic mass is 10.0. The van der Waals surface area contributed by atoms with Gasteiger partial charge in [-0.05, 0) is 48.6 Å². The molecule has 0 bridgehead atoms. The number of hydrogen-bond donors (Lipinski definition) is 3. The summed E-state index contributed by atoms with van der Waals surface area (Å²) in [6.45, 7) is 6.28. The molecule has 6 heteroatoms. The monoisotopic (exact) mass is 394 g/mol. The van der Waals surface area contributed by atoms with Crippen LogP contribution in [0.2, 0.25) is 0 Å². The van der Waals surface area contributed by atoms with Crippen molar-refractivity contribution in [2.75, 3.05) is 32.1 Å². The van der Waals surface area contributed by atoms with Crippen LogP contribution in [0.1, 0.15) is 36.0 Å². The third-order valence-corrected chi connectivity index (χ3v) is 5.08. The molecule has 0 aliphatic carbocycles. The summed E-state index contributed by atoms with van der Waals surface area (Å²) in [5, 5.41) is 9.53. The molecule has 0 spiro atoms. The third kappa shape index (κ3) is 5.98. The van der Waals surface area contributed by atoms with Gasteiger partial charge in [0.15, 0.2) is 5.96 Å². The molecule has 3 N–H and O–H groups in total. The molecule has 1 unspecified atom stereocenters. The number of anilines is 1. The summed E-state index contributed by atoms with van der Waals surface area (Å²) in [6.07, 6.45) is 1.29. The summed E-state index contributed by atoms with van der Waals surface area (Å²) in [5.74, 6) is 2.05. The number of nitrogens with zero attached hydrogens (tertiary/aromatic N) is 1. The summed E-state index contributed by atoms with van der Waals surface area (Å²) >= 11 is 0. The Labute approximate surface area is 172 Å². The van der Waals surface area contributed by atoms with Crippen LogP contribution in [-0.2, 0) is 11.2 Å². The van der Waals surface area contributed by atoms with Crippen LogP contribution in [-0.4, -0.2) is 38.6 Å². The molecule has 1 atom stereocenters. The zero-order valence-electron chi connectivity index (χ0n) is 17.4. The van der Waals surface area contributed by atoms with Crippen molar-refractivity contribution in [3.63, 3.8) is 0 Å². The van der Waals surface area contributed by atoms with Gasteiger partial charge in [0.05, 0.1) is 6.54 Å². The van der Waals surface area contributed by atoms with Gasteiger partial charge in [0.1, 0.15) is 12.4 Å². The molecular formula is C23H30N4O2. The fourth-order valence-corrected chi connectivity index (χ4v) is 3.27. The largest absolute Gasteiger partial charge is 0.492 e. The molecule has 2 aromatic carbocycles. The summed E-state index contributed by atoms with van der Waals surface area (Å²) in [7, 11) is 1.77. The standard InChI is InChI=1S/C23H30N4O2/c1-16-4-6-18(7-5-16)17(2)15-26-23(24-3)25-12-13-29-20-9-10-21-19(14-20)8-11-22(28)27-21/h4-7,9-10,14,17H,8,11-13,15H2,1-3H3,(H,27,28)(H2,24,25,26). The van der Waals surface area contributed by atoms with Crippen LogP contribution in [0.4, 0.5) is 5.69 Å². The van der Waals surface area contributed by atoms with E-state index in [1.165, 1.54) is 11.1 Å². The number of guanidine groups is 1. The predicted octanol–water partition coefficient (Wildman–Crippen LogP) is 3.23. The fraction of sp³-hybridized carbons (Fsp3) is 0.391. The normalized spacial score (nSPS) is 14.6. The maximum Gasteiger partial charge on any atom is 0.224 e. The Morgan fingerprint density at radius 3 is 2.72 bits per heavy atom. The second-order valence-corrected chi connectivity index (χ2v) is 7.41. The second-order valence-electron chi connectivity index (χ2n) is 7.41. The van der Waals surface area contributed by atoms with Crippen LogP contribution in [0.25, 0.3) is 0 Å². The number of ether oxygens (including phenoxy) is 1. The summed E-state index contributed by atoms with van der Waals surface area (Å²) in [5.41, 5.74) is 4.59. The Morgan fingerprint density at radius 1 is 1.17 bits per heavy atom. The van der Waals surface area contributed by atoms with Gasteiger partial charge in [0.2, 0.25) is 5.91 Å². The van der Waals surface area contributed by atoms with Crippen LogP contribution in [0.15, 0.2) is 47.5 Å². The molecule has 0 radical (unpaired) electrons. The minimum Gasteiger partial charge on any atom is -0.492 e. The summed E-state index contributed by atoms with van der Waals surface area (Å²) < 4.78 is 5.84. The number of aryl methyl sites for hydroxylation is 2. The Bertz CT molecular complexity index is 862.